The average molecular weight is 551 g/mol. The van der Waals surface area contributed by atoms with Crippen LogP contribution in [0, 0.1) is 0 Å². The van der Waals surface area contributed by atoms with Gasteiger partial charge in [0.1, 0.15) is 16.9 Å². The lowest BCUT2D eigenvalue weighted by Crippen LogP contribution is -2.35. The number of halogens is 1. The minimum absolute atomic E-state index is 0.0163. The van der Waals surface area contributed by atoms with Crippen molar-refractivity contribution in [2.24, 2.45) is 4.99 Å². The second-order valence-electron chi connectivity index (χ2n) is 8.35. The standard InChI is InChI=1S/C26H23BrN4O5/c1-2-35-26(34)20-14-19-22(28-21-7-3-4-12-30(21)25(19)33)31(15-18-6-5-13-36-18)23(20)29-24(32)16-8-10-17(27)11-9-16/h3-4,7-12,14,18H,2,5-6,13,15H2,1H3/t18-/m0/s1. The van der Waals surface area contributed by atoms with Crippen molar-refractivity contribution in [1.29, 1.82) is 0 Å². The van der Waals surface area contributed by atoms with Gasteiger partial charge in [-0.25, -0.2) is 9.78 Å². The van der Waals surface area contributed by atoms with Crippen molar-refractivity contribution >= 4 is 44.5 Å². The fraction of sp³-hybridized carbons (Fsp3) is 0.269. The number of amides is 1. The van der Waals surface area contributed by atoms with Gasteiger partial charge in [0.25, 0.3) is 11.5 Å². The molecule has 36 heavy (non-hydrogen) atoms. The fourth-order valence-electron chi connectivity index (χ4n) is 4.28. The third kappa shape index (κ3) is 4.61. The lowest BCUT2D eigenvalue weighted by atomic mass is 10.1. The third-order valence-corrected chi connectivity index (χ3v) is 6.52. The Hall–Kier alpha value is -3.63. The van der Waals surface area contributed by atoms with E-state index >= 15 is 0 Å². The van der Waals surface area contributed by atoms with Crippen LogP contribution in [-0.2, 0) is 16.0 Å². The molecule has 0 bridgehead atoms. The Kier molecular flexibility index (Phi) is 6.80. The van der Waals surface area contributed by atoms with Crippen molar-refractivity contribution in [2.75, 3.05) is 13.2 Å². The number of ether oxygens (including phenoxy) is 2. The van der Waals surface area contributed by atoms with Crippen molar-refractivity contribution < 1.29 is 19.1 Å². The van der Waals surface area contributed by atoms with E-state index in [1.807, 2.05) is 0 Å². The zero-order valence-electron chi connectivity index (χ0n) is 19.5. The van der Waals surface area contributed by atoms with Crippen molar-refractivity contribution in [1.82, 2.24) is 14.0 Å². The maximum atomic E-state index is 13.4. The molecule has 0 aliphatic carbocycles. The maximum Gasteiger partial charge on any atom is 0.341 e. The monoisotopic (exact) mass is 550 g/mol. The Morgan fingerprint density at radius 2 is 2.03 bits per heavy atom. The molecule has 9 nitrogen and oxygen atoms in total. The number of fused-ring (bicyclic) bond motifs is 2. The van der Waals surface area contributed by atoms with E-state index in [9.17, 15) is 14.4 Å². The van der Waals surface area contributed by atoms with Gasteiger partial charge in [-0.15, -0.1) is 0 Å². The lowest BCUT2D eigenvalue weighted by molar-refractivity contribution is 0.0521. The van der Waals surface area contributed by atoms with E-state index in [0.717, 1.165) is 17.3 Å². The van der Waals surface area contributed by atoms with E-state index in [-0.39, 0.29) is 41.3 Å². The number of rotatable bonds is 5. The molecule has 1 atom stereocenters. The molecule has 10 heteroatoms. The smallest absolute Gasteiger partial charge is 0.341 e. The third-order valence-electron chi connectivity index (χ3n) is 5.99. The Balaban J connectivity index is 1.85. The van der Waals surface area contributed by atoms with Crippen LogP contribution in [0.15, 0.2) is 69.0 Å². The van der Waals surface area contributed by atoms with Gasteiger partial charge in [-0.3, -0.25) is 14.0 Å². The topological polar surface area (TPSA) is 104 Å². The van der Waals surface area contributed by atoms with Gasteiger partial charge < -0.3 is 14.0 Å². The predicted molar refractivity (Wildman–Crippen MR) is 136 cm³/mol. The summed E-state index contributed by atoms with van der Waals surface area (Å²) in [6.07, 6.45) is 3.13. The van der Waals surface area contributed by atoms with E-state index in [1.54, 1.807) is 60.2 Å². The molecule has 1 amide bonds. The first-order valence-corrected chi connectivity index (χ1v) is 12.4. The maximum absolute atomic E-state index is 13.4. The van der Waals surface area contributed by atoms with Crippen LogP contribution in [0.25, 0.3) is 16.7 Å². The molecule has 0 unspecified atom stereocenters. The molecule has 0 N–H and O–H groups in total. The SMILES string of the molecule is CCOC(=O)c1cc2c(=O)n3ccccc3nc2n(C[C@@H]2CCCO2)c1=NC(=O)c1ccc(Br)cc1. The van der Waals surface area contributed by atoms with E-state index in [4.69, 9.17) is 14.5 Å². The first-order valence-electron chi connectivity index (χ1n) is 11.6. The molecule has 4 heterocycles. The molecule has 3 aromatic heterocycles. The predicted octanol–water partition coefficient (Wildman–Crippen LogP) is 3.51. The Bertz CT molecular complexity index is 1600. The van der Waals surface area contributed by atoms with Crippen LogP contribution in [0.5, 0.6) is 0 Å². The summed E-state index contributed by atoms with van der Waals surface area (Å²) in [7, 11) is 0. The summed E-state index contributed by atoms with van der Waals surface area (Å²) in [6, 6.07) is 13.4. The van der Waals surface area contributed by atoms with Crippen LogP contribution in [-0.4, -0.2) is 45.1 Å². The highest BCUT2D eigenvalue weighted by molar-refractivity contribution is 9.10. The van der Waals surface area contributed by atoms with Gasteiger partial charge in [-0.1, -0.05) is 22.0 Å². The summed E-state index contributed by atoms with van der Waals surface area (Å²) in [4.78, 5) is 48.8. The molecule has 5 rings (SSSR count). The van der Waals surface area contributed by atoms with Gasteiger partial charge in [-0.2, -0.15) is 4.99 Å². The molecule has 1 aromatic carbocycles. The molecular weight excluding hydrogens is 528 g/mol. The van der Waals surface area contributed by atoms with Gasteiger partial charge >= 0.3 is 5.97 Å². The average Bonchev–Trinajstić information content (AvgIpc) is 3.39. The summed E-state index contributed by atoms with van der Waals surface area (Å²) in [6.45, 7) is 2.69. The Morgan fingerprint density at radius 1 is 1.22 bits per heavy atom. The zero-order valence-corrected chi connectivity index (χ0v) is 21.1. The summed E-state index contributed by atoms with van der Waals surface area (Å²) in [5.41, 5.74) is 0.859. The van der Waals surface area contributed by atoms with Crippen molar-refractivity contribution in [2.45, 2.75) is 32.4 Å². The first-order chi connectivity index (χ1) is 17.5. The normalized spacial score (nSPS) is 16.1. The molecule has 1 saturated heterocycles. The van der Waals surface area contributed by atoms with E-state index < -0.39 is 11.9 Å². The first kappa shape index (κ1) is 24.1. The van der Waals surface area contributed by atoms with Crippen LogP contribution in [0.4, 0.5) is 0 Å². The van der Waals surface area contributed by atoms with Gasteiger partial charge in [0.05, 0.1) is 24.6 Å². The molecule has 0 saturated carbocycles. The quantitative estimate of drug-likeness (QED) is 0.278. The number of carbonyl (C=O) groups excluding carboxylic acids is 2. The molecule has 1 aliphatic heterocycles. The van der Waals surface area contributed by atoms with Crippen LogP contribution >= 0.6 is 15.9 Å². The van der Waals surface area contributed by atoms with Crippen LogP contribution < -0.4 is 11.0 Å². The molecule has 4 aromatic rings. The second-order valence-corrected chi connectivity index (χ2v) is 9.27. The molecule has 1 aliphatic rings. The van der Waals surface area contributed by atoms with E-state index in [2.05, 4.69) is 20.9 Å². The number of hydrogen-bond donors (Lipinski definition) is 0. The number of benzene rings is 1. The van der Waals surface area contributed by atoms with Gasteiger partial charge in [0.15, 0.2) is 5.49 Å². The summed E-state index contributed by atoms with van der Waals surface area (Å²) in [5, 5.41) is 0.217. The summed E-state index contributed by atoms with van der Waals surface area (Å²) < 4.78 is 15.0. The van der Waals surface area contributed by atoms with Crippen LogP contribution in [0.2, 0.25) is 0 Å². The van der Waals surface area contributed by atoms with Crippen molar-refractivity contribution in [3.63, 3.8) is 0 Å². The fourth-order valence-corrected chi connectivity index (χ4v) is 4.54. The second kappa shape index (κ2) is 10.2. The Labute approximate surface area is 214 Å². The van der Waals surface area contributed by atoms with E-state index in [1.165, 1.54) is 10.5 Å². The molecular formula is C26H23BrN4O5. The van der Waals surface area contributed by atoms with Crippen molar-refractivity contribution in [3.8, 4) is 0 Å². The number of hydrogen-bond acceptors (Lipinski definition) is 6. The van der Waals surface area contributed by atoms with E-state index in [0.29, 0.717) is 23.5 Å². The van der Waals surface area contributed by atoms with Crippen LogP contribution in [0.1, 0.15) is 40.5 Å². The number of esters is 1. The summed E-state index contributed by atoms with van der Waals surface area (Å²) in [5.74, 6) is -1.22. The highest BCUT2D eigenvalue weighted by Gasteiger charge is 2.24. The Morgan fingerprint density at radius 3 is 2.75 bits per heavy atom. The molecule has 1 fully saturated rings. The lowest BCUT2D eigenvalue weighted by Gasteiger charge is -2.18. The number of nitrogens with zero attached hydrogens (tertiary/aromatic N) is 4. The molecule has 0 spiro atoms. The van der Waals surface area contributed by atoms with Gasteiger partial charge in [0.2, 0.25) is 0 Å². The highest BCUT2D eigenvalue weighted by Crippen LogP contribution is 2.18. The van der Waals surface area contributed by atoms with Crippen LogP contribution in [0.3, 0.4) is 0 Å². The van der Waals surface area contributed by atoms with Gasteiger partial charge in [0, 0.05) is 22.8 Å². The van der Waals surface area contributed by atoms with Crippen molar-refractivity contribution in [3.05, 3.63) is 86.2 Å². The number of carbonyl (C=O) groups is 2. The van der Waals surface area contributed by atoms with Gasteiger partial charge in [-0.05, 0) is 62.2 Å². The largest absolute Gasteiger partial charge is 0.462 e. The zero-order chi connectivity index (χ0) is 25.2. The minimum Gasteiger partial charge on any atom is -0.462 e. The molecule has 0 radical (unpaired) electrons. The highest BCUT2D eigenvalue weighted by atomic mass is 79.9. The number of aromatic nitrogens is 3. The molecule has 184 valence electrons. The summed E-state index contributed by atoms with van der Waals surface area (Å²) >= 11 is 3.36. The number of pyridine rings is 2. The minimum atomic E-state index is -0.680.